The summed E-state index contributed by atoms with van der Waals surface area (Å²) < 4.78 is 26.2. The van der Waals surface area contributed by atoms with Crippen LogP contribution in [0.1, 0.15) is 5.56 Å². The molecule has 0 radical (unpaired) electrons. The van der Waals surface area contributed by atoms with Crippen LogP contribution < -0.4 is 11.1 Å². The summed E-state index contributed by atoms with van der Waals surface area (Å²) in [5, 5.41) is 2.83. The second kappa shape index (κ2) is 4.73. The van der Waals surface area contributed by atoms with E-state index in [0.29, 0.717) is 11.6 Å². The molecule has 6 heteroatoms. The molecule has 1 aromatic heterocycles. The van der Waals surface area contributed by atoms with Crippen LogP contribution in [0.2, 0.25) is 0 Å². The third kappa shape index (κ3) is 2.87. The minimum Gasteiger partial charge on any atom is -0.384 e. The van der Waals surface area contributed by atoms with E-state index in [1.807, 2.05) is 0 Å². The van der Waals surface area contributed by atoms with Gasteiger partial charge in [-0.25, -0.2) is 18.7 Å². The molecule has 2 aromatic rings. The topological polar surface area (TPSA) is 63.8 Å². The third-order valence-corrected chi connectivity index (χ3v) is 2.16. The van der Waals surface area contributed by atoms with Gasteiger partial charge in [0.15, 0.2) is 0 Å². The standard InChI is InChI=1S/C11H10F2N4/c12-8-1-2-9(13)7(3-8)5-15-11-4-10(14)16-6-17-11/h1-4,6H,5H2,(H3,14,15,16,17). The maximum Gasteiger partial charge on any atom is 0.131 e. The molecule has 0 saturated heterocycles. The van der Waals surface area contributed by atoms with Gasteiger partial charge in [0.25, 0.3) is 0 Å². The number of benzene rings is 1. The number of nitrogens with one attached hydrogen (secondary N) is 1. The van der Waals surface area contributed by atoms with Gasteiger partial charge < -0.3 is 11.1 Å². The Morgan fingerprint density at radius 1 is 1.18 bits per heavy atom. The van der Waals surface area contributed by atoms with Crippen molar-refractivity contribution in [3.63, 3.8) is 0 Å². The first-order valence-corrected chi connectivity index (χ1v) is 4.90. The third-order valence-electron chi connectivity index (χ3n) is 2.16. The molecule has 0 amide bonds. The van der Waals surface area contributed by atoms with Crippen LogP contribution in [0.25, 0.3) is 0 Å². The van der Waals surface area contributed by atoms with Crippen LogP contribution in [0.4, 0.5) is 20.4 Å². The molecule has 0 bridgehead atoms. The summed E-state index contributed by atoms with van der Waals surface area (Å²) in [6.45, 7) is 0.125. The number of nitrogens with two attached hydrogens (primary N) is 1. The summed E-state index contributed by atoms with van der Waals surface area (Å²) in [6.07, 6.45) is 1.29. The molecule has 0 aliphatic rings. The summed E-state index contributed by atoms with van der Waals surface area (Å²) in [7, 11) is 0. The molecule has 1 aromatic carbocycles. The Morgan fingerprint density at radius 2 is 2.00 bits per heavy atom. The minimum absolute atomic E-state index is 0.125. The normalized spacial score (nSPS) is 10.2. The molecule has 0 spiro atoms. The summed E-state index contributed by atoms with van der Waals surface area (Å²) in [5.41, 5.74) is 5.68. The van der Waals surface area contributed by atoms with E-state index < -0.39 is 11.6 Å². The molecular weight excluding hydrogens is 226 g/mol. The monoisotopic (exact) mass is 236 g/mol. The molecule has 0 unspecified atom stereocenters. The molecule has 0 aliphatic carbocycles. The Morgan fingerprint density at radius 3 is 2.76 bits per heavy atom. The number of nitrogen functional groups attached to an aromatic ring is 1. The molecule has 17 heavy (non-hydrogen) atoms. The Kier molecular flexibility index (Phi) is 3.13. The fraction of sp³-hybridized carbons (Fsp3) is 0.0909. The molecule has 0 saturated carbocycles. The number of halogens is 2. The van der Waals surface area contributed by atoms with Crippen molar-refractivity contribution in [3.05, 3.63) is 47.8 Å². The number of hydrogen-bond acceptors (Lipinski definition) is 4. The van der Waals surface area contributed by atoms with Crippen LogP contribution in [0, 0.1) is 11.6 Å². The van der Waals surface area contributed by atoms with Gasteiger partial charge in [0, 0.05) is 18.2 Å². The van der Waals surface area contributed by atoms with Gasteiger partial charge in [-0.2, -0.15) is 0 Å². The lowest BCUT2D eigenvalue weighted by Crippen LogP contribution is -2.05. The van der Waals surface area contributed by atoms with Crippen molar-refractivity contribution in [2.24, 2.45) is 0 Å². The lowest BCUT2D eigenvalue weighted by molar-refractivity contribution is 0.587. The maximum absolute atomic E-state index is 13.3. The zero-order valence-electron chi connectivity index (χ0n) is 8.82. The van der Waals surface area contributed by atoms with E-state index in [-0.39, 0.29) is 12.1 Å². The van der Waals surface area contributed by atoms with Crippen LogP contribution in [-0.2, 0) is 6.54 Å². The highest BCUT2D eigenvalue weighted by Crippen LogP contribution is 2.12. The molecule has 3 N–H and O–H groups in total. The van der Waals surface area contributed by atoms with E-state index in [0.717, 1.165) is 18.2 Å². The van der Waals surface area contributed by atoms with Gasteiger partial charge in [0.05, 0.1) is 0 Å². The highest BCUT2D eigenvalue weighted by atomic mass is 19.1. The number of hydrogen-bond donors (Lipinski definition) is 2. The molecular formula is C11H10F2N4. The van der Waals surface area contributed by atoms with E-state index >= 15 is 0 Å². The average Bonchev–Trinajstić information content (AvgIpc) is 2.30. The molecule has 0 fully saturated rings. The van der Waals surface area contributed by atoms with Gasteiger partial charge in [0.1, 0.15) is 29.6 Å². The molecule has 88 valence electrons. The second-order valence-electron chi connectivity index (χ2n) is 3.42. The Balaban J connectivity index is 2.09. The fourth-order valence-electron chi connectivity index (χ4n) is 1.33. The Labute approximate surface area is 96.5 Å². The first-order valence-electron chi connectivity index (χ1n) is 4.90. The van der Waals surface area contributed by atoms with Crippen LogP contribution in [0.3, 0.4) is 0 Å². The van der Waals surface area contributed by atoms with Crippen molar-refractivity contribution in [1.82, 2.24) is 9.97 Å². The minimum atomic E-state index is -0.481. The van der Waals surface area contributed by atoms with Crippen molar-refractivity contribution >= 4 is 11.6 Å². The fourth-order valence-corrected chi connectivity index (χ4v) is 1.33. The van der Waals surface area contributed by atoms with Gasteiger partial charge in [-0.3, -0.25) is 0 Å². The molecule has 1 heterocycles. The van der Waals surface area contributed by atoms with Crippen molar-refractivity contribution < 1.29 is 8.78 Å². The number of nitrogens with zero attached hydrogens (tertiary/aromatic N) is 2. The SMILES string of the molecule is Nc1cc(NCc2cc(F)ccc2F)ncn1. The second-order valence-corrected chi connectivity index (χ2v) is 3.42. The Bertz CT molecular complexity index is 531. The van der Waals surface area contributed by atoms with Gasteiger partial charge in [-0.1, -0.05) is 0 Å². The number of anilines is 2. The zero-order valence-corrected chi connectivity index (χ0v) is 8.82. The zero-order chi connectivity index (χ0) is 12.3. The molecule has 4 nitrogen and oxygen atoms in total. The van der Waals surface area contributed by atoms with Crippen molar-refractivity contribution in [2.45, 2.75) is 6.54 Å². The molecule has 2 rings (SSSR count). The number of rotatable bonds is 3. The number of aromatic nitrogens is 2. The van der Waals surface area contributed by atoms with Gasteiger partial charge in [0.2, 0.25) is 0 Å². The molecule has 0 atom stereocenters. The van der Waals surface area contributed by atoms with E-state index in [1.165, 1.54) is 12.4 Å². The average molecular weight is 236 g/mol. The lowest BCUT2D eigenvalue weighted by Gasteiger charge is -2.06. The van der Waals surface area contributed by atoms with Crippen molar-refractivity contribution in [2.75, 3.05) is 11.1 Å². The molecule has 0 aliphatic heterocycles. The van der Waals surface area contributed by atoms with Crippen LogP contribution in [-0.4, -0.2) is 9.97 Å². The summed E-state index contributed by atoms with van der Waals surface area (Å²) >= 11 is 0. The predicted molar refractivity (Wildman–Crippen MR) is 60.1 cm³/mol. The first-order chi connectivity index (χ1) is 8.15. The summed E-state index contributed by atoms with van der Waals surface area (Å²) in [4.78, 5) is 7.61. The Hall–Kier alpha value is -2.24. The van der Waals surface area contributed by atoms with E-state index in [2.05, 4.69) is 15.3 Å². The van der Waals surface area contributed by atoms with E-state index in [1.54, 1.807) is 0 Å². The van der Waals surface area contributed by atoms with E-state index in [9.17, 15) is 8.78 Å². The van der Waals surface area contributed by atoms with Crippen molar-refractivity contribution in [3.8, 4) is 0 Å². The van der Waals surface area contributed by atoms with Gasteiger partial charge >= 0.3 is 0 Å². The van der Waals surface area contributed by atoms with Crippen LogP contribution >= 0.6 is 0 Å². The summed E-state index contributed by atoms with van der Waals surface area (Å²) in [6, 6.07) is 4.80. The van der Waals surface area contributed by atoms with Crippen LogP contribution in [0.15, 0.2) is 30.6 Å². The highest BCUT2D eigenvalue weighted by molar-refractivity contribution is 5.43. The van der Waals surface area contributed by atoms with E-state index in [4.69, 9.17) is 5.73 Å². The van der Waals surface area contributed by atoms with Gasteiger partial charge in [-0.15, -0.1) is 0 Å². The summed E-state index contributed by atoms with van der Waals surface area (Å²) in [5.74, 6) is -0.185. The lowest BCUT2D eigenvalue weighted by atomic mass is 10.2. The maximum atomic E-state index is 13.3. The predicted octanol–water partition coefficient (Wildman–Crippen LogP) is 1.95. The smallest absolute Gasteiger partial charge is 0.131 e. The van der Waals surface area contributed by atoms with Crippen LogP contribution in [0.5, 0.6) is 0 Å². The van der Waals surface area contributed by atoms with Gasteiger partial charge in [-0.05, 0) is 18.2 Å². The quantitative estimate of drug-likeness (QED) is 0.854. The largest absolute Gasteiger partial charge is 0.384 e. The van der Waals surface area contributed by atoms with Crippen molar-refractivity contribution in [1.29, 1.82) is 0 Å². The first kappa shape index (κ1) is 11.3. The highest BCUT2D eigenvalue weighted by Gasteiger charge is 2.04.